The largest absolute Gasteiger partial charge is 0.497 e. The molecule has 0 N–H and O–H groups in total. The number of nitrogens with zero attached hydrogens (tertiary/aromatic N) is 3. The molecule has 0 atom stereocenters. The molecular formula is C21H23N3O3. The van der Waals surface area contributed by atoms with Crippen LogP contribution in [0.3, 0.4) is 0 Å². The fraction of sp³-hybridized carbons (Fsp3) is 0.333. The van der Waals surface area contributed by atoms with Gasteiger partial charge in [-0.3, -0.25) is 9.69 Å². The van der Waals surface area contributed by atoms with Crippen LogP contribution in [0.15, 0.2) is 48.5 Å². The summed E-state index contributed by atoms with van der Waals surface area (Å²) in [6, 6.07) is 15.3. The number of benzene rings is 2. The Kier molecular flexibility index (Phi) is 4.71. The van der Waals surface area contributed by atoms with Crippen LogP contribution in [0, 0.1) is 0 Å². The summed E-state index contributed by atoms with van der Waals surface area (Å²) in [6.45, 7) is 1.95. The summed E-state index contributed by atoms with van der Waals surface area (Å²) in [5.74, 6) is 0.730. The van der Waals surface area contributed by atoms with Crippen molar-refractivity contribution in [2.75, 3.05) is 43.1 Å². The van der Waals surface area contributed by atoms with Gasteiger partial charge in [-0.15, -0.1) is 0 Å². The van der Waals surface area contributed by atoms with Crippen molar-refractivity contribution in [1.82, 2.24) is 4.90 Å². The third-order valence-electron chi connectivity index (χ3n) is 5.22. The Morgan fingerprint density at radius 3 is 2.59 bits per heavy atom. The predicted octanol–water partition coefficient (Wildman–Crippen LogP) is 2.92. The molecule has 2 aromatic carbocycles. The van der Waals surface area contributed by atoms with Crippen LogP contribution in [0.4, 0.5) is 16.2 Å². The molecule has 1 saturated heterocycles. The Balaban J connectivity index is 1.44. The van der Waals surface area contributed by atoms with Gasteiger partial charge in [0.2, 0.25) is 5.91 Å². The van der Waals surface area contributed by atoms with Gasteiger partial charge in [0, 0.05) is 31.0 Å². The second kappa shape index (κ2) is 7.31. The minimum atomic E-state index is -0.126. The number of anilines is 2. The number of amides is 3. The molecule has 2 heterocycles. The highest BCUT2D eigenvalue weighted by Crippen LogP contribution is 2.28. The van der Waals surface area contributed by atoms with Crippen molar-refractivity contribution in [2.45, 2.75) is 12.8 Å². The lowest BCUT2D eigenvalue weighted by atomic mass is 10.0. The average molecular weight is 365 g/mol. The SMILES string of the molecule is COc1ccc(N2CCN(CC(=O)N3CCCc4ccccc43)C2=O)cc1. The van der Waals surface area contributed by atoms with Crippen molar-refractivity contribution in [3.63, 3.8) is 0 Å². The summed E-state index contributed by atoms with van der Waals surface area (Å²) in [4.78, 5) is 30.8. The molecule has 6 heteroatoms. The van der Waals surface area contributed by atoms with E-state index < -0.39 is 0 Å². The first-order valence-corrected chi connectivity index (χ1v) is 9.26. The maximum Gasteiger partial charge on any atom is 0.325 e. The summed E-state index contributed by atoms with van der Waals surface area (Å²) in [6.07, 6.45) is 1.95. The molecule has 6 nitrogen and oxygen atoms in total. The fourth-order valence-corrected chi connectivity index (χ4v) is 3.77. The van der Waals surface area contributed by atoms with E-state index in [1.54, 1.807) is 16.9 Å². The molecule has 0 unspecified atom stereocenters. The van der Waals surface area contributed by atoms with Gasteiger partial charge in [-0.05, 0) is 48.7 Å². The van der Waals surface area contributed by atoms with Crippen molar-refractivity contribution in [3.8, 4) is 5.75 Å². The number of carbonyl (C=O) groups excluding carboxylic acids is 2. The zero-order chi connectivity index (χ0) is 18.8. The molecule has 2 aliphatic rings. The van der Waals surface area contributed by atoms with Crippen LogP contribution < -0.4 is 14.5 Å². The Bertz CT molecular complexity index is 850. The number of carbonyl (C=O) groups is 2. The first-order valence-electron chi connectivity index (χ1n) is 9.26. The van der Waals surface area contributed by atoms with Gasteiger partial charge in [-0.2, -0.15) is 0 Å². The number of para-hydroxylation sites is 1. The molecule has 0 aromatic heterocycles. The molecule has 0 spiro atoms. The van der Waals surface area contributed by atoms with Crippen LogP contribution in [0.2, 0.25) is 0 Å². The van der Waals surface area contributed by atoms with Gasteiger partial charge >= 0.3 is 6.03 Å². The summed E-state index contributed by atoms with van der Waals surface area (Å²) < 4.78 is 5.16. The van der Waals surface area contributed by atoms with Gasteiger partial charge in [-0.25, -0.2) is 4.79 Å². The molecule has 0 aliphatic carbocycles. The van der Waals surface area contributed by atoms with E-state index in [4.69, 9.17) is 4.74 Å². The van der Waals surface area contributed by atoms with Crippen LogP contribution in [-0.4, -0.2) is 50.1 Å². The van der Waals surface area contributed by atoms with Gasteiger partial charge in [0.25, 0.3) is 0 Å². The quantitative estimate of drug-likeness (QED) is 0.837. The highest BCUT2D eigenvalue weighted by Gasteiger charge is 2.33. The third kappa shape index (κ3) is 3.35. The second-order valence-corrected chi connectivity index (χ2v) is 6.83. The maximum atomic E-state index is 12.9. The van der Waals surface area contributed by atoms with E-state index in [1.165, 1.54) is 5.56 Å². The Morgan fingerprint density at radius 2 is 1.81 bits per heavy atom. The first kappa shape index (κ1) is 17.4. The maximum absolute atomic E-state index is 12.9. The van der Waals surface area contributed by atoms with Gasteiger partial charge in [0.1, 0.15) is 12.3 Å². The van der Waals surface area contributed by atoms with Crippen LogP contribution in [0.1, 0.15) is 12.0 Å². The van der Waals surface area contributed by atoms with Crippen molar-refractivity contribution in [2.24, 2.45) is 0 Å². The molecule has 27 heavy (non-hydrogen) atoms. The van der Waals surface area contributed by atoms with Gasteiger partial charge in [0.05, 0.1) is 7.11 Å². The van der Waals surface area contributed by atoms with E-state index in [1.807, 2.05) is 47.4 Å². The zero-order valence-electron chi connectivity index (χ0n) is 15.4. The number of fused-ring (bicyclic) bond motifs is 1. The fourth-order valence-electron chi connectivity index (χ4n) is 3.77. The Hall–Kier alpha value is -3.02. The normalized spacial score (nSPS) is 16.5. The van der Waals surface area contributed by atoms with E-state index in [0.29, 0.717) is 19.6 Å². The minimum Gasteiger partial charge on any atom is -0.497 e. The number of ether oxygens (including phenoxy) is 1. The van der Waals surface area contributed by atoms with Crippen molar-refractivity contribution < 1.29 is 14.3 Å². The molecule has 2 aromatic rings. The minimum absolute atomic E-state index is 0.0212. The molecule has 0 radical (unpaired) electrons. The monoisotopic (exact) mass is 365 g/mol. The lowest BCUT2D eigenvalue weighted by Crippen LogP contribution is -2.44. The van der Waals surface area contributed by atoms with Crippen LogP contribution in [0.25, 0.3) is 0 Å². The summed E-state index contributed by atoms with van der Waals surface area (Å²) in [5, 5.41) is 0. The van der Waals surface area contributed by atoms with Crippen molar-refractivity contribution in [3.05, 3.63) is 54.1 Å². The lowest BCUT2D eigenvalue weighted by molar-refractivity contribution is -0.119. The smallest absolute Gasteiger partial charge is 0.325 e. The van der Waals surface area contributed by atoms with E-state index in [2.05, 4.69) is 6.07 Å². The molecule has 3 amide bonds. The molecule has 2 aliphatic heterocycles. The van der Waals surface area contributed by atoms with Crippen molar-refractivity contribution in [1.29, 1.82) is 0 Å². The van der Waals surface area contributed by atoms with Gasteiger partial charge < -0.3 is 14.5 Å². The van der Waals surface area contributed by atoms with Crippen LogP contribution >= 0.6 is 0 Å². The highest BCUT2D eigenvalue weighted by molar-refractivity contribution is 6.01. The van der Waals surface area contributed by atoms with E-state index in [9.17, 15) is 9.59 Å². The number of urea groups is 1. The molecule has 4 rings (SSSR count). The molecule has 1 fully saturated rings. The molecule has 0 saturated carbocycles. The number of hydrogen-bond donors (Lipinski definition) is 0. The summed E-state index contributed by atoms with van der Waals surface area (Å²) >= 11 is 0. The Labute approximate surface area is 158 Å². The number of aryl methyl sites for hydroxylation is 1. The molecular weight excluding hydrogens is 342 g/mol. The highest BCUT2D eigenvalue weighted by atomic mass is 16.5. The topological polar surface area (TPSA) is 53.1 Å². The standard InChI is InChI=1S/C21H23N3O3/c1-27-18-10-8-17(9-11-18)23-14-13-22(21(23)26)15-20(25)24-12-4-6-16-5-2-3-7-19(16)24/h2-3,5,7-11H,4,6,12-15H2,1H3. The number of hydrogen-bond acceptors (Lipinski definition) is 3. The van der Waals surface area contributed by atoms with E-state index in [0.717, 1.165) is 30.0 Å². The van der Waals surface area contributed by atoms with Gasteiger partial charge in [-0.1, -0.05) is 18.2 Å². The number of rotatable bonds is 4. The van der Waals surface area contributed by atoms with E-state index >= 15 is 0 Å². The first-order chi connectivity index (χ1) is 13.2. The van der Waals surface area contributed by atoms with E-state index in [-0.39, 0.29) is 18.5 Å². The molecule has 140 valence electrons. The summed E-state index contributed by atoms with van der Waals surface area (Å²) in [5.41, 5.74) is 3.00. The number of methoxy groups -OCH3 is 1. The van der Waals surface area contributed by atoms with Gasteiger partial charge in [0.15, 0.2) is 0 Å². The molecule has 0 bridgehead atoms. The summed E-state index contributed by atoms with van der Waals surface area (Å²) in [7, 11) is 1.61. The zero-order valence-corrected chi connectivity index (χ0v) is 15.4. The lowest BCUT2D eigenvalue weighted by Gasteiger charge is -2.30. The second-order valence-electron chi connectivity index (χ2n) is 6.83. The Morgan fingerprint density at radius 1 is 1.04 bits per heavy atom. The third-order valence-corrected chi connectivity index (χ3v) is 5.22. The van der Waals surface area contributed by atoms with Crippen LogP contribution in [-0.2, 0) is 11.2 Å². The van der Waals surface area contributed by atoms with Crippen molar-refractivity contribution >= 4 is 23.3 Å². The average Bonchev–Trinajstić information content (AvgIpc) is 3.07. The predicted molar refractivity (Wildman–Crippen MR) is 104 cm³/mol. The van der Waals surface area contributed by atoms with Crippen LogP contribution in [0.5, 0.6) is 5.75 Å².